The lowest BCUT2D eigenvalue weighted by atomic mass is 10.1. The molecule has 0 saturated heterocycles. The van der Waals surface area contributed by atoms with Crippen molar-refractivity contribution in [2.45, 2.75) is 18.7 Å². The van der Waals surface area contributed by atoms with Gasteiger partial charge in [0, 0.05) is 33.4 Å². The van der Waals surface area contributed by atoms with E-state index in [1.165, 1.54) is 12.1 Å². The van der Waals surface area contributed by atoms with Gasteiger partial charge in [-0.25, -0.2) is 8.42 Å². The molecule has 0 saturated carbocycles. The minimum atomic E-state index is -3.26. The Hall–Kier alpha value is -2.38. The van der Waals surface area contributed by atoms with Crippen molar-refractivity contribution in [1.82, 2.24) is 4.57 Å². The minimum absolute atomic E-state index is 0.124. The summed E-state index contributed by atoms with van der Waals surface area (Å²) in [6, 6.07) is 15.8. The number of halogens is 1. The number of carbonyl (C=O) groups excluding carboxylic acids is 1. The van der Waals surface area contributed by atoms with Crippen LogP contribution in [0, 0.1) is 13.8 Å². The standard InChI is InChI=1S/C21H20BrNO4S/c1-14-11-20(15(2)23(14)17-6-4-5-16(22)12-17)21(24)13-27-18-7-9-19(10-8-18)28(3,25)26/h4-12H,13H2,1-3H3. The van der Waals surface area contributed by atoms with Crippen LogP contribution in [0.25, 0.3) is 5.69 Å². The number of nitrogens with zero attached hydrogens (tertiary/aromatic N) is 1. The number of sulfone groups is 1. The fourth-order valence-corrected chi connectivity index (χ4v) is 4.08. The highest BCUT2D eigenvalue weighted by Gasteiger charge is 2.17. The molecule has 2 aromatic carbocycles. The average Bonchev–Trinajstić information content (AvgIpc) is 2.93. The van der Waals surface area contributed by atoms with Crippen molar-refractivity contribution in [3.05, 3.63) is 76.0 Å². The molecule has 0 spiro atoms. The zero-order valence-electron chi connectivity index (χ0n) is 15.8. The zero-order chi connectivity index (χ0) is 20.5. The van der Waals surface area contributed by atoms with Gasteiger partial charge in [-0.2, -0.15) is 0 Å². The van der Waals surface area contributed by atoms with Crippen molar-refractivity contribution in [1.29, 1.82) is 0 Å². The van der Waals surface area contributed by atoms with Gasteiger partial charge in [0.15, 0.2) is 16.4 Å². The van der Waals surface area contributed by atoms with Crippen molar-refractivity contribution in [2.24, 2.45) is 0 Å². The minimum Gasteiger partial charge on any atom is -0.485 e. The molecule has 0 radical (unpaired) electrons. The Labute approximate surface area is 173 Å². The number of ether oxygens (including phenoxy) is 1. The maximum absolute atomic E-state index is 12.7. The van der Waals surface area contributed by atoms with Gasteiger partial charge in [-0.05, 0) is 62.4 Å². The molecule has 1 heterocycles. The van der Waals surface area contributed by atoms with E-state index in [-0.39, 0.29) is 17.3 Å². The summed E-state index contributed by atoms with van der Waals surface area (Å²) in [5, 5.41) is 0. The molecule has 1 aromatic heterocycles. The van der Waals surface area contributed by atoms with Crippen molar-refractivity contribution in [3.63, 3.8) is 0 Å². The van der Waals surface area contributed by atoms with Gasteiger partial charge in [0.25, 0.3) is 0 Å². The van der Waals surface area contributed by atoms with Crippen molar-refractivity contribution < 1.29 is 17.9 Å². The predicted molar refractivity (Wildman–Crippen MR) is 112 cm³/mol. The van der Waals surface area contributed by atoms with E-state index in [0.717, 1.165) is 27.8 Å². The molecule has 0 amide bonds. The highest BCUT2D eigenvalue weighted by atomic mass is 79.9. The molecule has 0 aliphatic carbocycles. The molecule has 0 N–H and O–H groups in total. The Morgan fingerprint density at radius 1 is 1.07 bits per heavy atom. The highest BCUT2D eigenvalue weighted by molar-refractivity contribution is 9.10. The summed E-state index contributed by atoms with van der Waals surface area (Å²) < 4.78 is 31.6. The molecule has 0 unspecified atom stereocenters. The Morgan fingerprint density at radius 3 is 2.36 bits per heavy atom. The van der Waals surface area contributed by atoms with E-state index >= 15 is 0 Å². The molecule has 146 valence electrons. The largest absolute Gasteiger partial charge is 0.485 e. The maximum Gasteiger partial charge on any atom is 0.202 e. The van der Waals surface area contributed by atoms with Gasteiger partial charge in [-0.15, -0.1) is 0 Å². The Balaban J connectivity index is 1.77. The second-order valence-corrected chi connectivity index (χ2v) is 9.49. The number of aromatic nitrogens is 1. The van der Waals surface area contributed by atoms with Crippen molar-refractivity contribution in [2.75, 3.05) is 12.9 Å². The quantitative estimate of drug-likeness (QED) is 0.506. The number of aryl methyl sites for hydroxylation is 1. The first-order valence-electron chi connectivity index (χ1n) is 8.58. The van der Waals surface area contributed by atoms with Gasteiger partial charge < -0.3 is 9.30 Å². The van der Waals surface area contributed by atoms with Crippen LogP contribution in [0.2, 0.25) is 0 Å². The number of hydrogen-bond donors (Lipinski definition) is 0. The van der Waals surface area contributed by atoms with Crippen LogP contribution in [-0.2, 0) is 9.84 Å². The molecule has 0 atom stereocenters. The lowest BCUT2D eigenvalue weighted by Gasteiger charge is -2.10. The van der Waals surface area contributed by atoms with Crippen LogP contribution in [0.1, 0.15) is 21.7 Å². The lowest BCUT2D eigenvalue weighted by molar-refractivity contribution is 0.0921. The summed E-state index contributed by atoms with van der Waals surface area (Å²) in [5.41, 5.74) is 3.37. The maximum atomic E-state index is 12.7. The summed E-state index contributed by atoms with van der Waals surface area (Å²) in [7, 11) is -3.26. The van der Waals surface area contributed by atoms with E-state index in [1.807, 2.05) is 48.7 Å². The second kappa shape index (κ2) is 7.93. The first-order chi connectivity index (χ1) is 13.2. The average molecular weight is 462 g/mol. The van der Waals surface area contributed by atoms with Crippen LogP contribution in [0.4, 0.5) is 0 Å². The number of rotatable bonds is 6. The molecular weight excluding hydrogens is 442 g/mol. The lowest BCUT2D eigenvalue weighted by Crippen LogP contribution is -2.12. The fourth-order valence-electron chi connectivity index (χ4n) is 3.07. The van der Waals surface area contributed by atoms with Gasteiger partial charge in [0.05, 0.1) is 4.90 Å². The van der Waals surface area contributed by atoms with E-state index in [1.54, 1.807) is 12.1 Å². The monoisotopic (exact) mass is 461 g/mol. The summed E-state index contributed by atoms with van der Waals surface area (Å²) in [6.45, 7) is 3.73. The van der Waals surface area contributed by atoms with Gasteiger partial charge in [0.2, 0.25) is 5.78 Å². The first-order valence-corrected chi connectivity index (χ1v) is 11.3. The first kappa shape index (κ1) is 20.4. The molecule has 0 fully saturated rings. The molecular formula is C21H20BrNO4S. The Kier molecular flexibility index (Phi) is 5.76. The van der Waals surface area contributed by atoms with Crippen molar-refractivity contribution >= 4 is 31.6 Å². The predicted octanol–water partition coefficient (Wildman–Crippen LogP) is 4.52. The number of ketones is 1. The van der Waals surface area contributed by atoms with Gasteiger partial charge in [-0.1, -0.05) is 22.0 Å². The van der Waals surface area contributed by atoms with Crippen LogP contribution in [0.15, 0.2) is 64.0 Å². The third kappa shape index (κ3) is 4.36. The topological polar surface area (TPSA) is 65.4 Å². The van der Waals surface area contributed by atoms with Crippen LogP contribution in [-0.4, -0.2) is 31.6 Å². The molecule has 5 nitrogen and oxygen atoms in total. The fraction of sp³-hybridized carbons (Fsp3) is 0.190. The van der Waals surface area contributed by atoms with Gasteiger partial charge in [0.1, 0.15) is 5.75 Å². The number of Topliss-reactive ketones (excluding diaryl/α,β-unsaturated/α-hetero) is 1. The third-order valence-corrected chi connectivity index (χ3v) is 6.04. The summed E-state index contributed by atoms with van der Waals surface area (Å²) in [5.74, 6) is 0.308. The van der Waals surface area contributed by atoms with Gasteiger partial charge in [-0.3, -0.25) is 4.79 Å². The molecule has 3 rings (SSSR count). The molecule has 0 aliphatic heterocycles. The number of carbonyl (C=O) groups is 1. The second-order valence-electron chi connectivity index (χ2n) is 6.56. The van der Waals surface area contributed by atoms with Crippen LogP contribution in [0.3, 0.4) is 0 Å². The van der Waals surface area contributed by atoms with Crippen LogP contribution >= 0.6 is 15.9 Å². The normalized spacial score (nSPS) is 11.4. The zero-order valence-corrected chi connectivity index (χ0v) is 18.2. The summed E-state index contributed by atoms with van der Waals surface area (Å²) in [4.78, 5) is 12.9. The third-order valence-electron chi connectivity index (χ3n) is 4.42. The van der Waals surface area contributed by atoms with E-state index in [4.69, 9.17) is 4.74 Å². The molecule has 0 bridgehead atoms. The Bertz CT molecular complexity index is 1130. The van der Waals surface area contributed by atoms with E-state index in [2.05, 4.69) is 15.9 Å². The molecule has 0 aliphatic rings. The van der Waals surface area contributed by atoms with Crippen LogP contribution < -0.4 is 4.74 Å². The van der Waals surface area contributed by atoms with E-state index in [9.17, 15) is 13.2 Å². The molecule has 28 heavy (non-hydrogen) atoms. The molecule has 7 heteroatoms. The number of benzene rings is 2. The molecule has 3 aromatic rings. The number of hydrogen-bond acceptors (Lipinski definition) is 4. The Morgan fingerprint density at radius 2 is 1.75 bits per heavy atom. The van der Waals surface area contributed by atoms with Crippen LogP contribution in [0.5, 0.6) is 5.75 Å². The summed E-state index contributed by atoms with van der Waals surface area (Å²) in [6.07, 6.45) is 1.15. The van der Waals surface area contributed by atoms with E-state index < -0.39 is 9.84 Å². The van der Waals surface area contributed by atoms with E-state index in [0.29, 0.717) is 11.3 Å². The summed E-state index contributed by atoms with van der Waals surface area (Å²) >= 11 is 3.47. The SMILES string of the molecule is Cc1cc(C(=O)COc2ccc(S(C)(=O)=O)cc2)c(C)n1-c1cccc(Br)c1. The highest BCUT2D eigenvalue weighted by Crippen LogP contribution is 2.24. The smallest absolute Gasteiger partial charge is 0.202 e. The van der Waals surface area contributed by atoms with Crippen molar-refractivity contribution in [3.8, 4) is 11.4 Å². The van der Waals surface area contributed by atoms with Gasteiger partial charge >= 0.3 is 0 Å².